The fourth-order valence-corrected chi connectivity index (χ4v) is 6.26. The second-order valence-corrected chi connectivity index (χ2v) is 11.0. The molecule has 0 fully saturated rings. The molecule has 0 aliphatic rings. The molecular weight excluding hydrogens is 571 g/mol. The highest BCUT2D eigenvalue weighted by atomic mass is 32.2. The number of benzene rings is 2. The third-order valence-electron chi connectivity index (χ3n) is 6.16. The van der Waals surface area contributed by atoms with Crippen molar-refractivity contribution in [3.63, 3.8) is 0 Å². The van der Waals surface area contributed by atoms with Crippen molar-refractivity contribution < 1.29 is 23.9 Å². The molecule has 0 aliphatic heterocycles. The molecule has 8 nitrogen and oxygen atoms in total. The van der Waals surface area contributed by atoms with E-state index in [1.54, 1.807) is 20.8 Å². The number of nitriles is 1. The monoisotopic (exact) mass is 599 g/mol. The van der Waals surface area contributed by atoms with E-state index < -0.39 is 11.9 Å². The van der Waals surface area contributed by atoms with Crippen molar-refractivity contribution in [1.29, 1.82) is 5.26 Å². The molecule has 2 aromatic carbocycles. The lowest BCUT2D eigenvalue weighted by molar-refractivity contribution is -0.115. The second kappa shape index (κ2) is 14.4. The average molecular weight is 600 g/mol. The molecule has 0 spiro atoms. The smallest absolute Gasteiger partial charge is 0.348 e. The summed E-state index contributed by atoms with van der Waals surface area (Å²) in [5.74, 6) is -1.22. The topological polar surface area (TPSA) is 118 Å². The van der Waals surface area contributed by atoms with Crippen molar-refractivity contribution in [2.75, 3.05) is 24.3 Å². The summed E-state index contributed by atoms with van der Waals surface area (Å²) >= 11 is 2.29. The molecule has 42 heavy (non-hydrogen) atoms. The molecule has 2 aromatic heterocycles. The molecule has 10 heteroatoms. The van der Waals surface area contributed by atoms with Gasteiger partial charge in [-0.15, -0.1) is 23.1 Å². The second-order valence-electron chi connectivity index (χ2n) is 8.93. The van der Waals surface area contributed by atoms with Crippen LogP contribution in [0.5, 0.6) is 0 Å². The Morgan fingerprint density at radius 3 is 2.19 bits per heavy atom. The Hall–Kier alpha value is -4.46. The SMILES string of the molecule is CCOC(=O)c1sc(NC(=O)CCSc2nc(-c3ccccc3)cc(-c3ccccc3)c2C#N)c(C(=O)OCC)c1C. The number of thiophene rings is 1. The van der Waals surface area contributed by atoms with Gasteiger partial charge in [0.25, 0.3) is 0 Å². The van der Waals surface area contributed by atoms with Crippen molar-refractivity contribution in [2.45, 2.75) is 32.2 Å². The lowest BCUT2D eigenvalue weighted by Gasteiger charge is -2.13. The van der Waals surface area contributed by atoms with Gasteiger partial charge in [-0.05, 0) is 38.0 Å². The molecule has 0 saturated carbocycles. The van der Waals surface area contributed by atoms with Gasteiger partial charge < -0.3 is 14.8 Å². The zero-order chi connectivity index (χ0) is 30.1. The Balaban J connectivity index is 1.57. The van der Waals surface area contributed by atoms with Crippen molar-refractivity contribution in [3.05, 3.63) is 88.3 Å². The van der Waals surface area contributed by atoms with Gasteiger partial charge in [0.15, 0.2) is 0 Å². The molecule has 1 N–H and O–H groups in total. The quantitative estimate of drug-likeness (QED) is 0.143. The summed E-state index contributed by atoms with van der Waals surface area (Å²) in [7, 11) is 0. The highest BCUT2D eigenvalue weighted by Gasteiger charge is 2.27. The van der Waals surface area contributed by atoms with Crippen LogP contribution in [0.4, 0.5) is 5.00 Å². The van der Waals surface area contributed by atoms with E-state index in [0.29, 0.717) is 21.9 Å². The minimum Gasteiger partial charge on any atom is -0.462 e. The van der Waals surface area contributed by atoms with Gasteiger partial charge in [0, 0.05) is 23.3 Å². The molecule has 4 aromatic rings. The molecule has 0 aliphatic carbocycles. The Labute approximate surface area is 252 Å². The average Bonchev–Trinajstić information content (AvgIpc) is 3.33. The fraction of sp³-hybridized carbons (Fsp3) is 0.219. The number of esters is 2. The first-order valence-electron chi connectivity index (χ1n) is 13.3. The largest absolute Gasteiger partial charge is 0.462 e. The van der Waals surface area contributed by atoms with Gasteiger partial charge in [0.1, 0.15) is 21.0 Å². The molecule has 0 radical (unpaired) electrons. The predicted octanol–water partition coefficient (Wildman–Crippen LogP) is 7.13. The fourth-order valence-electron chi connectivity index (χ4n) is 4.21. The molecule has 1 amide bonds. The van der Waals surface area contributed by atoms with Crippen molar-refractivity contribution in [3.8, 4) is 28.5 Å². The Morgan fingerprint density at radius 1 is 0.952 bits per heavy atom. The van der Waals surface area contributed by atoms with E-state index in [4.69, 9.17) is 14.5 Å². The number of hydrogen-bond donors (Lipinski definition) is 1. The molecule has 0 atom stereocenters. The van der Waals surface area contributed by atoms with Crippen LogP contribution in [0.25, 0.3) is 22.4 Å². The van der Waals surface area contributed by atoms with Crippen LogP contribution in [0.2, 0.25) is 0 Å². The number of carbonyl (C=O) groups is 3. The van der Waals surface area contributed by atoms with Crippen molar-refractivity contribution in [1.82, 2.24) is 4.98 Å². The first-order valence-corrected chi connectivity index (χ1v) is 15.1. The molecule has 0 saturated heterocycles. The summed E-state index contributed by atoms with van der Waals surface area (Å²) < 4.78 is 10.3. The van der Waals surface area contributed by atoms with Crippen LogP contribution in [-0.4, -0.2) is 41.8 Å². The third-order valence-corrected chi connectivity index (χ3v) is 8.32. The standard InChI is InChI=1S/C32H29N3O5S2/c1-4-39-31(37)27-20(3)28(32(38)40-5-2)42-30(27)35-26(36)16-17-41-29-24(19-33)23(21-12-8-6-9-13-21)18-25(34-29)22-14-10-7-11-15-22/h6-15,18H,4-5,16-17H2,1-3H3,(H,35,36). The van der Waals surface area contributed by atoms with Gasteiger partial charge in [0.05, 0.1) is 30.0 Å². The molecule has 0 unspecified atom stereocenters. The van der Waals surface area contributed by atoms with Crippen LogP contribution in [0, 0.1) is 18.3 Å². The molecule has 2 heterocycles. The van der Waals surface area contributed by atoms with Gasteiger partial charge in [-0.2, -0.15) is 5.26 Å². The number of ether oxygens (including phenoxy) is 2. The van der Waals surface area contributed by atoms with E-state index in [-0.39, 0.29) is 41.0 Å². The summed E-state index contributed by atoms with van der Waals surface area (Å²) in [6, 6.07) is 23.6. The van der Waals surface area contributed by atoms with Crippen LogP contribution in [0.1, 0.15) is 51.4 Å². The minimum absolute atomic E-state index is 0.0708. The van der Waals surface area contributed by atoms with E-state index in [2.05, 4.69) is 11.4 Å². The maximum absolute atomic E-state index is 13.0. The van der Waals surface area contributed by atoms with Crippen LogP contribution in [0.15, 0.2) is 71.8 Å². The number of pyridine rings is 1. The molecule has 4 rings (SSSR count). The zero-order valence-corrected chi connectivity index (χ0v) is 25.1. The van der Waals surface area contributed by atoms with E-state index in [0.717, 1.165) is 33.7 Å². The van der Waals surface area contributed by atoms with E-state index >= 15 is 0 Å². The van der Waals surface area contributed by atoms with Crippen LogP contribution < -0.4 is 5.32 Å². The lowest BCUT2D eigenvalue weighted by Crippen LogP contribution is -2.15. The first-order chi connectivity index (χ1) is 20.4. The number of nitrogens with zero attached hydrogens (tertiary/aromatic N) is 2. The van der Waals surface area contributed by atoms with Gasteiger partial charge in [-0.25, -0.2) is 14.6 Å². The molecular formula is C32H29N3O5S2. The highest BCUT2D eigenvalue weighted by Crippen LogP contribution is 2.36. The van der Waals surface area contributed by atoms with Crippen molar-refractivity contribution >= 4 is 45.9 Å². The van der Waals surface area contributed by atoms with Gasteiger partial charge in [0.2, 0.25) is 5.91 Å². The van der Waals surface area contributed by atoms with Crippen molar-refractivity contribution in [2.24, 2.45) is 0 Å². The maximum atomic E-state index is 13.0. The maximum Gasteiger partial charge on any atom is 0.348 e. The molecule has 214 valence electrons. The van der Waals surface area contributed by atoms with Crippen LogP contribution in [-0.2, 0) is 14.3 Å². The lowest BCUT2D eigenvalue weighted by atomic mass is 9.99. The minimum atomic E-state index is -0.625. The highest BCUT2D eigenvalue weighted by molar-refractivity contribution is 7.99. The van der Waals surface area contributed by atoms with Gasteiger partial charge >= 0.3 is 11.9 Å². The number of aromatic nitrogens is 1. The Kier molecular flexibility index (Phi) is 10.5. The molecule has 0 bridgehead atoms. The Morgan fingerprint density at radius 2 is 1.57 bits per heavy atom. The van der Waals surface area contributed by atoms with Crippen LogP contribution in [0.3, 0.4) is 0 Å². The number of nitrogens with one attached hydrogen (secondary N) is 1. The number of carbonyl (C=O) groups excluding carboxylic acids is 3. The summed E-state index contributed by atoms with van der Waals surface area (Å²) in [6.45, 7) is 5.33. The summed E-state index contributed by atoms with van der Waals surface area (Å²) in [5, 5.41) is 13.6. The number of hydrogen-bond acceptors (Lipinski definition) is 9. The first kappa shape index (κ1) is 30.5. The van der Waals surface area contributed by atoms with E-state index in [9.17, 15) is 19.6 Å². The zero-order valence-electron chi connectivity index (χ0n) is 23.4. The predicted molar refractivity (Wildman–Crippen MR) is 165 cm³/mol. The summed E-state index contributed by atoms with van der Waals surface area (Å²) in [6.07, 6.45) is 0.0708. The number of thioether (sulfide) groups is 1. The van der Waals surface area contributed by atoms with Gasteiger partial charge in [-0.3, -0.25) is 4.79 Å². The Bertz CT molecular complexity index is 1630. The van der Waals surface area contributed by atoms with Crippen LogP contribution >= 0.6 is 23.1 Å². The number of anilines is 1. The summed E-state index contributed by atoms with van der Waals surface area (Å²) in [5.41, 5.74) is 4.27. The van der Waals surface area contributed by atoms with E-state index in [1.807, 2.05) is 66.7 Å². The van der Waals surface area contributed by atoms with E-state index in [1.165, 1.54) is 11.8 Å². The third kappa shape index (κ3) is 7.05. The number of rotatable bonds is 11. The summed E-state index contributed by atoms with van der Waals surface area (Å²) in [4.78, 5) is 43.1. The number of amides is 1. The van der Waals surface area contributed by atoms with Gasteiger partial charge in [-0.1, -0.05) is 60.7 Å². The normalized spacial score (nSPS) is 10.5.